The number of Topliss-reactive ketones (excluding diaryl/α,β-unsaturated/α-hetero) is 1. The number of hydrogen-bond donors (Lipinski definition) is 1. The maximum atomic E-state index is 11.4. The summed E-state index contributed by atoms with van der Waals surface area (Å²) in [6.07, 6.45) is 5.01. The number of rotatable bonds is 5. The average Bonchev–Trinajstić information content (AvgIpc) is 2.87. The number of nitrogens with two attached hydrogens (primary N) is 1. The molecule has 4 rings (SSSR count). The van der Waals surface area contributed by atoms with Crippen LogP contribution >= 0.6 is 11.3 Å². The summed E-state index contributed by atoms with van der Waals surface area (Å²) in [4.78, 5) is 15.4. The molecule has 2 N–H and O–H groups in total. The number of aromatic nitrogens is 1. The summed E-state index contributed by atoms with van der Waals surface area (Å²) < 4.78 is 0. The van der Waals surface area contributed by atoms with Crippen molar-refractivity contribution in [3.63, 3.8) is 0 Å². The van der Waals surface area contributed by atoms with E-state index < -0.39 is 0 Å². The minimum absolute atomic E-state index is 0.121. The van der Waals surface area contributed by atoms with Crippen LogP contribution in [-0.2, 0) is 6.42 Å². The van der Waals surface area contributed by atoms with Crippen LogP contribution in [0, 0.1) is 0 Å². The molecule has 1 aromatic heterocycles. The highest BCUT2D eigenvalue weighted by Gasteiger charge is 2.09. The van der Waals surface area contributed by atoms with E-state index in [1.165, 1.54) is 28.9 Å². The van der Waals surface area contributed by atoms with Crippen LogP contribution in [0.15, 0.2) is 29.6 Å². The number of unbranched alkanes of at least 4 members (excludes halogenated alkanes) is 2. The highest BCUT2D eigenvalue weighted by atomic mass is 32.1. The van der Waals surface area contributed by atoms with E-state index in [2.05, 4.69) is 36.2 Å². The van der Waals surface area contributed by atoms with Crippen LogP contribution in [0.2, 0.25) is 0 Å². The number of thiazole rings is 1. The lowest BCUT2D eigenvalue weighted by Gasteiger charge is -2.11. The van der Waals surface area contributed by atoms with Gasteiger partial charge in [-0.1, -0.05) is 44.0 Å². The summed E-state index contributed by atoms with van der Waals surface area (Å²) in [5.74, 6) is 0.569. The van der Waals surface area contributed by atoms with Gasteiger partial charge in [-0.3, -0.25) is 4.79 Å². The number of fused-ring (bicyclic) bond motifs is 2. The second kappa shape index (κ2) is 7.20. The Morgan fingerprint density at radius 1 is 1.35 bits per heavy atom. The molecule has 0 saturated heterocycles. The Morgan fingerprint density at radius 3 is 2.45 bits per heavy atom. The van der Waals surface area contributed by atoms with Crippen LogP contribution in [-0.4, -0.2) is 10.8 Å². The summed E-state index contributed by atoms with van der Waals surface area (Å²) >= 11 is 1.33. The molecule has 2 aliphatic rings. The summed E-state index contributed by atoms with van der Waals surface area (Å²) in [5, 5.41) is 2.25. The molecule has 2 bridgehead atoms. The van der Waals surface area contributed by atoms with Gasteiger partial charge in [0.1, 0.15) is 5.82 Å². The topological polar surface area (TPSA) is 56.0 Å². The van der Waals surface area contributed by atoms with Crippen LogP contribution in [0.4, 0.5) is 5.82 Å². The zero-order valence-corrected chi connectivity index (χ0v) is 12.6. The lowest BCUT2D eigenvalue weighted by molar-refractivity contribution is 0.0979. The predicted molar refractivity (Wildman–Crippen MR) is 84.2 cm³/mol. The Labute approximate surface area is 123 Å². The zero-order valence-electron chi connectivity index (χ0n) is 11.8. The molecule has 0 radical (unpaired) electrons. The van der Waals surface area contributed by atoms with Crippen LogP contribution in [0.25, 0.3) is 0 Å². The smallest absolute Gasteiger partial charge is 0.191 e. The van der Waals surface area contributed by atoms with Crippen molar-refractivity contribution in [3.05, 3.63) is 45.8 Å². The molecule has 0 spiro atoms. The van der Waals surface area contributed by atoms with Gasteiger partial charge in [0.05, 0.1) is 0 Å². The third kappa shape index (κ3) is 4.17. The minimum Gasteiger partial charge on any atom is -0.383 e. The van der Waals surface area contributed by atoms with E-state index in [0.29, 0.717) is 17.2 Å². The van der Waals surface area contributed by atoms with E-state index in [-0.39, 0.29) is 5.78 Å². The molecular formula is C16H20N2OS. The normalized spacial score (nSPS) is 11.2. The molecule has 0 fully saturated rings. The number of hydrogen-bond acceptors (Lipinski definition) is 4. The zero-order chi connectivity index (χ0) is 14.4. The molecule has 0 unspecified atom stereocenters. The van der Waals surface area contributed by atoms with Crippen molar-refractivity contribution in [2.75, 3.05) is 5.73 Å². The van der Waals surface area contributed by atoms with Gasteiger partial charge in [-0.05, 0) is 24.0 Å². The van der Waals surface area contributed by atoms with Gasteiger partial charge in [0.25, 0.3) is 0 Å². The molecule has 2 aliphatic carbocycles. The fourth-order valence-corrected chi connectivity index (χ4v) is 2.69. The van der Waals surface area contributed by atoms with Gasteiger partial charge in [0, 0.05) is 11.8 Å². The monoisotopic (exact) mass is 288 g/mol. The van der Waals surface area contributed by atoms with Crippen LogP contribution < -0.4 is 5.73 Å². The molecular weight excluding hydrogens is 268 g/mol. The van der Waals surface area contributed by atoms with Gasteiger partial charge in [-0.25, -0.2) is 4.98 Å². The molecule has 1 aromatic carbocycles. The van der Waals surface area contributed by atoms with Crippen molar-refractivity contribution < 1.29 is 4.79 Å². The molecule has 2 aromatic rings. The largest absolute Gasteiger partial charge is 0.383 e. The van der Waals surface area contributed by atoms with Gasteiger partial charge in [0.2, 0.25) is 0 Å². The highest BCUT2D eigenvalue weighted by Crippen LogP contribution is 2.19. The van der Waals surface area contributed by atoms with E-state index in [9.17, 15) is 4.79 Å². The number of anilines is 1. The van der Waals surface area contributed by atoms with Crippen molar-refractivity contribution in [2.45, 2.75) is 39.0 Å². The van der Waals surface area contributed by atoms with Gasteiger partial charge in [-0.15, -0.1) is 11.3 Å². The quantitative estimate of drug-likeness (QED) is 0.568. The molecule has 0 atom stereocenters. The van der Waals surface area contributed by atoms with Gasteiger partial charge >= 0.3 is 0 Å². The van der Waals surface area contributed by atoms with Gasteiger partial charge in [-0.2, -0.15) is 0 Å². The fourth-order valence-electron chi connectivity index (χ4n) is 2.01. The number of carbonyl (C=O) groups excluding carboxylic acids is 1. The summed E-state index contributed by atoms with van der Waals surface area (Å²) in [7, 11) is 0. The molecule has 20 heavy (non-hydrogen) atoms. The maximum Gasteiger partial charge on any atom is 0.191 e. The first-order chi connectivity index (χ1) is 9.69. The predicted octanol–water partition coefficient (Wildman–Crippen LogP) is 4.08. The molecule has 0 aliphatic heterocycles. The molecule has 3 nitrogen and oxygen atoms in total. The van der Waals surface area contributed by atoms with Crippen LogP contribution in [0.3, 0.4) is 0 Å². The number of nitrogen functional groups attached to an aromatic ring is 1. The third-order valence-electron chi connectivity index (χ3n) is 3.17. The van der Waals surface area contributed by atoms with E-state index in [1.54, 1.807) is 5.38 Å². The summed E-state index contributed by atoms with van der Waals surface area (Å²) in [5.41, 5.74) is 8.39. The Kier molecular flexibility index (Phi) is 5.30. The van der Waals surface area contributed by atoms with Crippen molar-refractivity contribution in [3.8, 4) is 0 Å². The van der Waals surface area contributed by atoms with Crippen LogP contribution in [0.5, 0.6) is 0 Å². The first-order valence-corrected chi connectivity index (χ1v) is 7.89. The minimum atomic E-state index is 0.121. The molecule has 4 heteroatoms. The van der Waals surface area contributed by atoms with E-state index in [0.717, 1.165) is 19.3 Å². The molecule has 0 amide bonds. The molecule has 106 valence electrons. The van der Waals surface area contributed by atoms with Crippen molar-refractivity contribution in [2.24, 2.45) is 0 Å². The summed E-state index contributed by atoms with van der Waals surface area (Å²) in [6.45, 7) is 2.12. The first-order valence-electron chi connectivity index (χ1n) is 7.01. The second-order valence-corrected chi connectivity index (χ2v) is 5.81. The van der Waals surface area contributed by atoms with Gasteiger partial charge in [0.15, 0.2) is 10.8 Å². The number of benzene rings is 1. The van der Waals surface area contributed by atoms with Crippen molar-refractivity contribution in [1.29, 1.82) is 0 Å². The molecule has 1 heterocycles. The molecule has 0 saturated carbocycles. The maximum absolute atomic E-state index is 11.4. The summed E-state index contributed by atoms with van der Waals surface area (Å²) in [6, 6.07) is 8.65. The SMILES string of the molecule is CCCCCC(=O)c1nc(N)cs1.c1cc2cc(c1)C2. The number of ketones is 1. The van der Waals surface area contributed by atoms with E-state index >= 15 is 0 Å². The second-order valence-electron chi connectivity index (χ2n) is 4.95. The van der Waals surface area contributed by atoms with Crippen molar-refractivity contribution >= 4 is 22.9 Å². The fraction of sp³-hybridized carbons (Fsp3) is 0.375. The first kappa shape index (κ1) is 14.7. The van der Waals surface area contributed by atoms with Gasteiger partial charge < -0.3 is 5.73 Å². The Hall–Kier alpha value is -1.68. The lowest BCUT2D eigenvalue weighted by Crippen LogP contribution is -1.98. The Morgan fingerprint density at radius 2 is 2.05 bits per heavy atom. The average molecular weight is 288 g/mol. The Balaban J connectivity index is 0.000000173. The lowest BCUT2D eigenvalue weighted by atomic mass is 9.94. The van der Waals surface area contributed by atoms with E-state index in [1.807, 2.05) is 0 Å². The third-order valence-corrected chi connectivity index (χ3v) is 4.07. The van der Waals surface area contributed by atoms with Crippen LogP contribution in [0.1, 0.15) is 53.5 Å². The standard InChI is InChI=1S/C9H14N2OS.C7H6/c1-2-3-4-5-7(12)9-11-8(10)6-13-9;1-2-6-4-7(3-1)5-6/h6H,2-5,10H2,1H3;1-4H,5H2. The van der Waals surface area contributed by atoms with Crippen molar-refractivity contribution in [1.82, 2.24) is 4.98 Å². The Bertz CT molecular complexity index is 553. The number of nitrogens with zero attached hydrogens (tertiary/aromatic N) is 1. The van der Waals surface area contributed by atoms with E-state index in [4.69, 9.17) is 5.73 Å². The number of carbonyl (C=O) groups is 1. The highest BCUT2D eigenvalue weighted by molar-refractivity contribution is 7.12.